The van der Waals surface area contributed by atoms with Gasteiger partial charge in [-0.15, -0.1) is 0 Å². The summed E-state index contributed by atoms with van der Waals surface area (Å²) in [6, 6.07) is 0. The third-order valence-corrected chi connectivity index (χ3v) is 1.03. The van der Waals surface area contributed by atoms with E-state index in [1.165, 1.54) is 0 Å². The van der Waals surface area contributed by atoms with Crippen LogP contribution in [0, 0.1) is 0 Å². The zero-order valence-electron chi connectivity index (χ0n) is 7.05. The number of carbonyl (C=O) groups excluding carboxylic acids is 1. The lowest BCUT2D eigenvalue weighted by Crippen LogP contribution is -2.24. The van der Waals surface area contributed by atoms with Crippen LogP contribution in [0.5, 0.6) is 0 Å². The van der Waals surface area contributed by atoms with E-state index in [-0.39, 0.29) is 0 Å². The maximum absolute atomic E-state index is 10.6. The molecule has 0 aliphatic rings. The maximum Gasteiger partial charge on any atom is 0.431 e. The van der Waals surface area contributed by atoms with Gasteiger partial charge in [-0.1, -0.05) is 13.3 Å². The predicted octanol–water partition coefficient (Wildman–Crippen LogP) is 1.46. The molecule has 0 rings (SSSR count). The van der Waals surface area contributed by atoms with Crippen LogP contribution in [-0.4, -0.2) is 19.3 Å². The Morgan fingerprint density at radius 1 is 1.45 bits per heavy atom. The van der Waals surface area contributed by atoms with Crippen LogP contribution in [-0.2, 0) is 9.57 Å². The number of hydrogen-bond donors (Lipinski definition) is 1. The van der Waals surface area contributed by atoms with Crippen molar-refractivity contribution in [1.82, 2.24) is 5.48 Å². The first-order valence-electron chi connectivity index (χ1n) is 3.85. The minimum atomic E-state index is -0.514. The summed E-state index contributed by atoms with van der Waals surface area (Å²) in [5.41, 5.74) is 2.13. The topological polar surface area (TPSA) is 47.6 Å². The highest BCUT2D eigenvalue weighted by atomic mass is 16.7. The highest BCUT2D eigenvalue weighted by molar-refractivity contribution is 5.65. The minimum absolute atomic E-state index is 0.447. The molecule has 0 unspecified atom stereocenters. The molecule has 0 fully saturated rings. The van der Waals surface area contributed by atoms with Gasteiger partial charge in [-0.2, -0.15) is 5.48 Å². The fourth-order valence-electron chi connectivity index (χ4n) is 0.470. The number of amides is 1. The Labute approximate surface area is 66.8 Å². The molecule has 1 N–H and O–H groups in total. The zero-order valence-corrected chi connectivity index (χ0v) is 7.05. The number of hydroxylamine groups is 1. The lowest BCUT2D eigenvalue weighted by atomic mass is 10.4. The Morgan fingerprint density at radius 2 is 2.18 bits per heavy atom. The molecule has 0 aromatic carbocycles. The molecule has 0 saturated carbocycles. The van der Waals surface area contributed by atoms with Gasteiger partial charge in [-0.3, -0.25) is 4.84 Å². The summed E-state index contributed by atoms with van der Waals surface area (Å²) in [6.07, 6.45) is 1.39. The lowest BCUT2D eigenvalue weighted by molar-refractivity contribution is 0.0340. The molecule has 4 heteroatoms. The van der Waals surface area contributed by atoms with E-state index in [4.69, 9.17) is 4.74 Å². The highest BCUT2D eigenvalue weighted by Crippen LogP contribution is 1.87. The number of hydrogen-bond acceptors (Lipinski definition) is 3. The van der Waals surface area contributed by atoms with Crippen molar-refractivity contribution in [3.8, 4) is 0 Å². The third-order valence-electron chi connectivity index (χ3n) is 1.03. The van der Waals surface area contributed by atoms with Crippen LogP contribution < -0.4 is 5.48 Å². The number of ether oxygens (including phenoxy) is 1. The van der Waals surface area contributed by atoms with Crippen molar-refractivity contribution in [2.24, 2.45) is 0 Å². The number of unbranched alkanes of at least 4 members (excludes halogenated alkanes) is 1. The van der Waals surface area contributed by atoms with E-state index in [0.29, 0.717) is 13.2 Å². The quantitative estimate of drug-likeness (QED) is 0.490. The monoisotopic (exact) mass is 161 g/mol. The van der Waals surface area contributed by atoms with Gasteiger partial charge >= 0.3 is 6.09 Å². The van der Waals surface area contributed by atoms with Crippen LogP contribution in [0.4, 0.5) is 4.79 Å². The largest absolute Gasteiger partial charge is 0.448 e. The maximum atomic E-state index is 10.6. The van der Waals surface area contributed by atoms with E-state index in [1.54, 1.807) is 6.92 Å². The van der Waals surface area contributed by atoms with Crippen LogP contribution in [0.2, 0.25) is 0 Å². The van der Waals surface area contributed by atoms with Crippen molar-refractivity contribution in [2.45, 2.75) is 26.7 Å². The Bertz CT molecular complexity index is 106. The van der Waals surface area contributed by atoms with Crippen molar-refractivity contribution < 1.29 is 14.4 Å². The fraction of sp³-hybridized carbons (Fsp3) is 0.857. The molecule has 0 spiro atoms. The SMILES string of the molecule is CCCCOC(=O)NOCC. The molecule has 0 aromatic heterocycles. The van der Waals surface area contributed by atoms with Crippen molar-refractivity contribution in [3.63, 3.8) is 0 Å². The first kappa shape index (κ1) is 10.2. The molecule has 0 bridgehead atoms. The fourth-order valence-corrected chi connectivity index (χ4v) is 0.470. The summed E-state index contributed by atoms with van der Waals surface area (Å²) in [7, 11) is 0. The first-order chi connectivity index (χ1) is 5.31. The van der Waals surface area contributed by atoms with Crippen LogP contribution in [0.1, 0.15) is 26.7 Å². The molecule has 0 aliphatic carbocycles. The van der Waals surface area contributed by atoms with Crippen molar-refractivity contribution in [3.05, 3.63) is 0 Å². The molecule has 0 saturated heterocycles. The van der Waals surface area contributed by atoms with Gasteiger partial charge in [0.25, 0.3) is 0 Å². The standard InChI is InChI=1S/C7H15NO3/c1-3-5-6-10-7(9)8-11-4-2/h3-6H2,1-2H3,(H,8,9). The van der Waals surface area contributed by atoms with Gasteiger partial charge < -0.3 is 4.74 Å². The Balaban J connectivity index is 3.09. The number of carbonyl (C=O) groups is 1. The van der Waals surface area contributed by atoms with E-state index >= 15 is 0 Å². The summed E-state index contributed by atoms with van der Waals surface area (Å²) in [6.45, 7) is 4.72. The van der Waals surface area contributed by atoms with E-state index in [9.17, 15) is 4.79 Å². The second-order valence-corrected chi connectivity index (χ2v) is 2.02. The highest BCUT2D eigenvalue weighted by Gasteiger charge is 1.98. The smallest absolute Gasteiger partial charge is 0.431 e. The van der Waals surface area contributed by atoms with Gasteiger partial charge in [0.1, 0.15) is 0 Å². The average Bonchev–Trinajstić information content (AvgIpc) is 2.01. The van der Waals surface area contributed by atoms with Gasteiger partial charge in [0.15, 0.2) is 0 Å². The third kappa shape index (κ3) is 7.12. The van der Waals surface area contributed by atoms with Crippen molar-refractivity contribution >= 4 is 6.09 Å². The molecular formula is C7H15NO3. The van der Waals surface area contributed by atoms with Crippen LogP contribution in [0.3, 0.4) is 0 Å². The van der Waals surface area contributed by atoms with E-state index in [0.717, 1.165) is 12.8 Å². The van der Waals surface area contributed by atoms with Gasteiger partial charge in [0, 0.05) is 0 Å². The molecule has 0 heterocycles. The Hall–Kier alpha value is -0.770. The number of nitrogens with one attached hydrogen (secondary N) is 1. The normalized spacial score (nSPS) is 9.27. The van der Waals surface area contributed by atoms with Gasteiger partial charge in [0.05, 0.1) is 13.2 Å². The molecule has 4 nitrogen and oxygen atoms in total. The minimum Gasteiger partial charge on any atom is -0.448 e. The molecule has 1 amide bonds. The van der Waals surface area contributed by atoms with E-state index in [2.05, 4.69) is 10.3 Å². The lowest BCUT2D eigenvalue weighted by Gasteiger charge is -2.04. The van der Waals surface area contributed by atoms with Crippen molar-refractivity contribution in [1.29, 1.82) is 0 Å². The van der Waals surface area contributed by atoms with Crippen LogP contribution in [0.25, 0.3) is 0 Å². The Kier molecular flexibility index (Phi) is 6.82. The molecule has 0 aromatic rings. The van der Waals surface area contributed by atoms with Gasteiger partial charge in [-0.25, -0.2) is 4.79 Å². The zero-order chi connectivity index (χ0) is 8.53. The summed E-state index contributed by atoms with van der Waals surface area (Å²) in [5.74, 6) is 0. The van der Waals surface area contributed by atoms with Gasteiger partial charge in [-0.05, 0) is 13.3 Å². The Morgan fingerprint density at radius 3 is 2.73 bits per heavy atom. The summed E-state index contributed by atoms with van der Waals surface area (Å²) in [5, 5.41) is 0. The summed E-state index contributed by atoms with van der Waals surface area (Å²) in [4.78, 5) is 15.2. The van der Waals surface area contributed by atoms with Gasteiger partial charge in [0.2, 0.25) is 0 Å². The summed E-state index contributed by atoms with van der Waals surface area (Å²) < 4.78 is 4.71. The predicted molar refractivity (Wildman–Crippen MR) is 41.0 cm³/mol. The van der Waals surface area contributed by atoms with Crippen LogP contribution >= 0.6 is 0 Å². The molecule has 0 atom stereocenters. The molecular weight excluding hydrogens is 146 g/mol. The van der Waals surface area contributed by atoms with E-state index in [1.807, 2.05) is 6.92 Å². The summed E-state index contributed by atoms with van der Waals surface area (Å²) >= 11 is 0. The molecule has 0 radical (unpaired) electrons. The van der Waals surface area contributed by atoms with Crippen molar-refractivity contribution in [2.75, 3.05) is 13.2 Å². The molecule has 66 valence electrons. The number of rotatable bonds is 5. The second-order valence-electron chi connectivity index (χ2n) is 2.02. The first-order valence-corrected chi connectivity index (χ1v) is 3.85. The molecule has 11 heavy (non-hydrogen) atoms. The van der Waals surface area contributed by atoms with Crippen LogP contribution in [0.15, 0.2) is 0 Å². The molecule has 0 aliphatic heterocycles. The average molecular weight is 161 g/mol. The van der Waals surface area contributed by atoms with E-state index < -0.39 is 6.09 Å². The second kappa shape index (κ2) is 7.34.